The fourth-order valence-corrected chi connectivity index (χ4v) is 5.04. The molecule has 0 amide bonds. The Morgan fingerprint density at radius 3 is 2.32 bits per heavy atom. The number of sulfonamides is 1. The monoisotopic (exact) mass is 352 g/mol. The highest BCUT2D eigenvalue weighted by Gasteiger charge is 2.37. The van der Waals surface area contributed by atoms with E-state index in [-0.39, 0.29) is 6.04 Å². The molecule has 0 saturated carbocycles. The van der Waals surface area contributed by atoms with Gasteiger partial charge in [0.15, 0.2) is 0 Å². The summed E-state index contributed by atoms with van der Waals surface area (Å²) in [5, 5.41) is 0. The van der Waals surface area contributed by atoms with Gasteiger partial charge in [0.05, 0.1) is 10.9 Å². The Bertz CT molecular complexity index is 976. The standard InChI is InChI=1S/C20H20N2O2S/c1-16-9-11-17(12-10-16)20-19-8-5-13-21(19)14-15-22(20)25(23,24)18-6-3-2-4-7-18/h2-13,20H,14-15H2,1H3/t20-/m0/s1. The van der Waals surface area contributed by atoms with E-state index in [4.69, 9.17) is 0 Å². The first-order valence-corrected chi connectivity index (χ1v) is 9.80. The number of benzene rings is 2. The lowest BCUT2D eigenvalue weighted by molar-refractivity contribution is 0.298. The van der Waals surface area contributed by atoms with E-state index in [1.54, 1.807) is 28.6 Å². The molecule has 0 aliphatic carbocycles. The van der Waals surface area contributed by atoms with Crippen molar-refractivity contribution >= 4 is 10.0 Å². The molecule has 2 aromatic carbocycles. The molecule has 0 saturated heterocycles. The maximum absolute atomic E-state index is 13.3. The minimum atomic E-state index is -3.57. The van der Waals surface area contributed by atoms with Crippen molar-refractivity contribution in [1.82, 2.24) is 8.87 Å². The number of aromatic nitrogens is 1. The molecule has 0 bridgehead atoms. The van der Waals surface area contributed by atoms with Crippen LogP contribution in [0.3, 0.4) is 0 Å². The summed E-state index contributed by atoms with van der Waals surface area (Å²) in [7, 11) is -3.57. The summed E-state index contributed by atoms with van der Waals surface area (Å²) in [4.78, 5) is 0.340. The van der Waals surface area contributed by atoms with Gasteiger partial charge in [-0.3, -0.25) is 0 Å². The van der Waals surface area contributed by atoms with Crippen LogP contribution in [0.15, 0.2) is 77.8 Å². The van der Waals surface area contributed by atoms with Gasteiger partial charge >= 0.3 is 0 Å². The zero-order valence-corrected chi connectivity index (χ0v) is 14.9. The third-order valence-electron chi connectivity index (χ3n) is 4.74. The number of hydrogen-bond donors (Lipinski definition) is 0. The third-order valence-corrected chi connectivity index (χ3v) is 6.62. The first kappa shape index (κ1) is 16.1. The normalized spacial score (nSPS) is 18.0. The van der Waals surface area contributed by atoms with E-state index >= 15 is 0 Å². The maximum Gasteiger partial charge on any atom is 0.244 e. The molecule has 4 nitrogen and oxygen atoms in total. The second kappa shape index (κ2) is 6.17. The highest BCUT2D eigenvalue weighted by molar-refractivity contribution is 7.89. The zero-order chi connectivity index (χ0) is 17.4. The van der Waals surface area contributed by atoms with Crippen LogP contribution in [0, 0.1) is 6.92 Å². The summed E-state index contributed by atoms with van der Waals surface area (Å²) in [5.74, 6) is 0. The van der Waals surface area contributed by atoms with Crippen molar-refractivity contribution in [1.29, 1.82) is 0 Å². The van der Waals surface area contributed by atoms with E-state index in [9.17, 15) is 8.42 Å². The fourth-order valence-electron chi connectivity index (χ4n) is 3.43. The molecule has 0 radical (unpaired) electrons. The van der Waals surface area contributed by atoms with E-state index in [1.165, 1.54) is 0 Å². The molecular formula is C20H20N2O2S. The van der Waals surface area contributed by atoms with Crippen LogP contribution in [0.4, 0.5) is 0 Å². The van der Waals surface area contributed by atoms with Gasteiger partial charge in [-0.15, -0.1) is 0 Å². The van der Waals surface area contributed by atoms with Crippen molar-refractivity contribution in [3.05, 3.63) is 89.7 Å². The molecule has 0 N–H and O–H groups in total. The van der Waals surface area contributed by atoms with E-state index in [1.807, 2.05) is 55.6 Å². The quantitative estimate of drug-likeness (QED) is 0.723. The lowest BCUT2D eigenvalue weighted by Gasteiger charge is -2.36. The predicted octanol–water partition coefficient (Wildman–Crippen LogP) is 3.59. The Kier molecular flexibility index (Phi) is 3.98. The second-order valence-corrected chi connectivity index (χ2v) is 8.26. The van der Waals surface area contributed by atoms with E-state index in [2.05, 4.69) is 4.57 Å². The van der Waals surface area contributed by atoms with Crippen LogP contribution in [-0.2, 0) is 16.6 Å². The van der Waals surface area contributed by atoms with Crippen molar-refractivity contribution < 1.29 is 8.42 Å². The molecule has 1 aromatic heterocycles. The van der Waals surface area contributed by atoms with Crippen molar-refractivity contribution in [2.24, 2.45) is 0 Å². The van der Waals surface area contributed by atoms with Crippen LogP contribution in [0.25, 0.3) is 0 Å². The molecule has 4 rings (SSSR count). The summed E-state index contributed by atoms with van der Waals surface area (Å²) < 4.78 is 30.3. The van der Waals surface area contributed by atoms with Crippen LogP contribution >= 0.6 is 0 Å². The first-order valence-electron chi connectivity index (χ1n) is 8.36. The Hall–Kier alpha value is -2.37. The van der Waals surface area contributed by atoms with Crippen LogP contribution in [-0.4, -0.2) is 23.8 Å². The van der Waals surface area contributed by atoms with Gasteiger partial charge in [-0.25, -0.2) is 8.42 Å². The van der Waals surface area contributed by atoms with Crippen molar-refractivity contribution in [2.75, 3.05) is 6.54 Å². The Labute approximate surface area is 148 Å². The molecule has 5 heteroatoms. The first-order chi connectivity index (χ1) is 12.1. The summed E-state index contributed by atoms with van der Waals surface area (Å²) in [6.45, 7) is 3.15. The van der Waals surface area contributed by atoms with Crippen LogP contribution in [0.1, 0.15) is 22.9 Å². The predicted molar refractivity (Wildman–Crippen MR) is 97.8 cm³/mol. The van der Waals surface area contributed by atoms with Crippen LogP contribution in [0.5, 0.6) is 0 Å². The van der Waals surface area contributed by atoms with Gasteiger partial charge in [0.1, 0.15) is 0 Å². The molecule has 0 fully saturated rings. The average Bonchev–Trinajstić information content (AvgIpc) is 3.11. The van der Waals surface area contributed by atoms with Crippen molar-refractivity contribution in [2.45, 2.75) is 24.4 Å². The average molecular weight is 352 g/mol. The molecule has 2 heterocycles. The highest BCUT2D eigenvalue weighted by Crippen LogP contribution is 2.36. The van der Waals surface area contributed by atoms with E-state index < -0.39 is 10.0 Å². The van der Waals surface area contributed by atoms with Gasteiger partial charge in [0.2, 0.25) is 10.0 Å². The van der Waals surface area contributed by atoms with Crippen molar-refractivity contribution in [3.8, 4) is 0 Å². The van der Waals surface area contributed by atoms with Gasteiger partial charge in [-0.2, -0.15) is 4.31 Å². The van der Waals surface area contributed by atoms with Gasteiger partial charge in [0.25, 0.3) is 0 Å². The van der Waals surface area contributed by atoms with Gasteiger partial charge in [0, 0.05) is 25.0 Å². The largest absolute Gasteiger partial charge is 0.348 e. The molecule has 128 valence electrons. The summed E-state index contributed by atoms with van der Waals surface area (Å²) in [5.41, 5.74) is 3.16. The minimum absolute atomic E-state index is 0.311. The van der Waals surface area contributed by atoms with E-state index in [0.717, 1.165) is 16.8 Å². The van der Waals surface area contributed by atoms with Gasteiger partial charge in [-0.05, 0) is 36.8 Å². The third kappa shape index (κ3) is 2.79. The van der Waals surface area contributed by atoms with Crippen LogP contribution < -0.4 is 0 Å². The zero-order valence-electron chi connectivity index (χ0n) is 14.0. The smallest absolute Gasteiger partial charge is 0.244 e. The molecule has 1 atom stereocenters. The van der Waals surface area contributed by atoms with E-state index in [0.29, 0.717) is 18.0 Å². The highest BCUT2D eigenvalue weighted by atomic mass is 32.2. The summed E-state index contributed by atoms with van der Waals surface area (Å²) in [6, 6.07) is 20.5. The molecule has 0 unspecified atom stereocenters. The summed E-state index contributed by atoms with van der Waals surface area (Å²) in [6.07, 6.45) is 2.02. The lowest BCUT2D eigenvalue weighted by atomic mass is 10.0. The number of aryl methyl sites for hydroxylation is 1. The molecule has 25 heavy (non-hydrogen) atoms. The lowest BCUT2D eigenvalue weighted by Crippen LogP contribution is -2.42. The number of nitrogens with zero attached hydrogens (tertiary/aromatic N) is 2. The van der Waals surface area contributed by atoms with Gasteiger partial charge < -0.3 is 4.57 Å². The maximum atomic E-state index is 13.3. The molecular weight excluding hydrogens is 332 g/mol. The Morgan fingerprint density at radius 2 is 1.60 bits per heavy atom. The summed E-state index contributed by atoms with van der Waals surface area (Å²) >= 11 is 0. The SMILES string of the molecule is Cc1ccc([C@H]2c3cccn3CCN2S(=O)(=O)c2ccccc2)cc1. The molecule has 0 spiro atoms. The fraction of sp³-hybridized carbons (Fsp3) is 0.200. The van der Waals surface area contributed by atoms with Gasteiger partial charge in [-0.1, -0.05) is 48.0 Å². The van der Waals surface area contributed by atoms with Crippen LogP contribution in [0.2, 0.25) is 0 Å². The molecule has 3 aromatic rings. The number of rotatable bonds is 3. The molecule has 1 aliphatic rings. The number of fused-ring (bicyclic) bond motifs is 1. The Morgan fingerprint density at radius 1 is 0.880 bits per heavy atom. The number of hydrogen-bond acceptors (Lipinski definition) is 2. The minimum Gasteiger partial charge on any atom is -0.348 e. The molecule has 1 aliphatic heterocycles. The second-order valence-electron chi connectivity index (χ2n) is 6.37. The Balaban J connectivity index is 1.85. The topological polar surface area (TPSA) is 42.3 Å². The van der Waals surface area contributed by atoms with Crippen molar-refractivity contribution in [3.63, 3.8) is 0 Å².